The third kappa shape index (κ3) is 6.38. The van der Waals surface area contributed by atoms with Gasteiger partial charge in [-0.05, 0) is 52.9 Å². The molecule has 2 aromatic heterocycles. The van der Waals surface area contributed by atoms with Crippen molar-refractivity contribution in [2.45, 2.75) is 25.2 Å². The minimum Gasteiger partial charge on any atom is -0.426 e. The van der Waals surface area contributed by atoms with Crippen LogP contribution in [0.2, 0.25) is 0 Å². The highest BCUT2D eigenvalue weighted by molar-refractivity contribution is 7.07. The zero-order valence-electron chi connectivity index (χ0n) is 18.0. The molecule has 0 aliphatic rings. The molecule has 4 aromatic rings. The Bertz CT molecular complexity index is 1140. The SMILES string of the molecule is O=C(NC(Cc1ccsc1)B(O)O)[C@H](Cc1ccccc1)Cc1cn(-c2ccccc2)nn1. The third-order valence-electron chi connectivity index (χ3n) is 5.44. The number of hydrogen-bond donors (Lipinski definition) is 3. The maximum Gasteiger partial charge on any atom is 0.475 e. The van der Waals surface area contributed by atoms with E-state index in [-0.39, 0.29) is 5.91 Å². The van der Waals surface area contributed by atoms with Crippen LogP contribution >= 0.6 is 11.3 Å². The first kappa shape index (κ1) is 22.9. The van der Waals surface area contributed by atoms with Crippen molar-refractivity contribution in [2.75, 3.05) is 0 Å². The van der Waals surface area contributed by atoms with Gasteiger partial charge in [0.25, 0.3) is 0 Å². The molecule has 0 saturated carbocycles. The van der Waals surface area contributed by atoms with Crippen LogP contribution in [0.4, 0.5) is 0 Å². The number of carbonyl (C=O) groups excluding carboxylic acids is 1. The molecular weight excluding hydrogens is 435 g/mol. The zero-order valence-corrected chi connectivity index (χ0v) is 18.8. The Morgan fingerprint density at radius 2 is 1.70 bits per heavy atom. The monoisotopic (exact) mass is 460 g/mol. The van der Waals surface area contributed by atoms with Crippen molar-refractivity contribution in [3.05, 3.63) is 101 Å². The van der Waals surface area contributed by atoms with Gasteiger partial charge in [-0.25, -0.2) is 4.68 Å². The highest BCUT2D eigenvalue weighted by Crippen LogP contribution is 2.17. The molecule has 7 nitrogen and oxygen atoms in total. The number of nitrogens with one attached hydrogen (secondary N) is 1. The Labute approximate surface area is 196 Å². The number of amides is 1. The summed E-state index contributed by atoms with van der Waals surface area (Å²) in [7, 11) is -1.66. The molecule has 2 aromatic carbocycles. The second-order valence-corrected chi connectivity index (χ2v) is 8.73. The summed E-state index contributed by atoms with van der Waals surface area (Å²) in [5.41, 5.74) is 3.55. The number of nitrogens with zero attached hydrogens (tertiary/aromatic N) is 3. The summed E-state index contributed by atoms with van der Waals surface area (Å²) < 4.78 is 1.68. The molecule has 2 heterocycles. The van der Waals surface area contributed by atoms with E-state index in [4.69, 9.17) is 0 Å². The van der Waals surface area contributed by atoms with Crippen LogP contribution in [0, 0.1) is 5.92 Å². The molecule has 1 unspecified atom stereocenters. The molecule has 168 valence electrons. The summed E-state index contributed by atoms with van der Waals surface area (Å²) in [4.78, 5) is 13.3. The van der Waals surface area contributed by atoms with Gasteiger partial charge in [-0.1, -0.05) is 53.7 Å². The van der Waals surface area contributed by atoms with Crippen molar-refractivity contribution in [3.63, 3.8) is 0 Å². The molecule has 3 N–H and O–H groups in total. The van der Waals surface area contributed by atoms with E-state index in [9.17, 15) is 14.8 Å². The molecule has 0 aliphatic heterocycles. The summed E-state index contributed by atoms with van der Waals surface area (Å²) in [6.45, 7) is 0. The molecule has 0 bridgehead atoms. The summed E-state index contributed by atoms with van der Waals surface area (Å²) in [6, 6.07) is 21.3. The first-order chi connectivity index (χ1) is 16.1. The zero-order chi connectivity index (χ0) is 23.0. The smallest absolute Gasteiger partial charge is 0.426 e. The van der Waals surface area contributed by atoms with Crippen LogP contribution in [0.1, 0.15) is 16.8 Å². The number of benzene rings is 2. The molecule has 33 heavy (non-hydrogen) atoms. The van der Waals surface area contributed by atoms with Crippen molar-refractivity contribution in [3.8, 4) is 5.69 Å². The van der Waals surface area contributed by atoms with Gasteiger partial charge >= 0.3 is 7.12 Å². The van der Waals surface area contributed by atoms with Crippen molar-refractivity contribution in [1.29, 1.82) is 0 Å². The van der Waals surface area contributed by atoms with Crippen LogP contribution in [0.5, 0.6) is 0 Å². The molecule has 0 spiro atoms. The molecule has 9 heteroatoms. The van der Waals surface area contributed by atoms with E-state index in [1.807, 2.05) is 83.7 Å². The second-order valence-electron chi connectivity index (χ2n) is 7.95. The Morgan fingerprint density at radius 3 is 2.36 bits per heavy atom. The lowest BCUT2D eigenvalue weighted by molar-refractivity contribution is -0.125. The van der Waals surface area contributed by atoms with Gasteiger partial charge in [-0.15, -0.1) is 5.10 Å². The number of thiophene rings is 1. The fraction of sp³-hybridized carbons (Fsp3) is 0.208. The van der Waals surface area contributed by atoms with Crippen LogP contribution in [-0.4, -0.2) is 44.0 Å². The van der Waals surface area contributed by atoms with Crippen LogP contribution in [0.25, 0.3) is 5.69 Å². The van der Waals surface area contributed by atoms with Crippen molar-refractivity contribution in [2.24, 2.45) is 5.92 Å². The molecule has 0 fully saturated rings. The van der Waals surface area contributed by atoms with Gasteiger partial charge in [0.05, 0.1) is 23.5 Å². The highest BCUT2D eigenvalue weighted by atomic mass is 32.1. The fourth-order valence-electron chi connectivity index (χ4n) is 3.70. The van der Waals surface area contributed by atoms with Gasteiger partial charge in [0, 0.05) is 12.3 Å². The Hall–Kier alpha value is -3.27. The number of carbonyl (C=O) groups is 1. The average Bonchev–Trinajstić information content (AvgIpc) is 3.52. The van der Waals surface area contributed by atoms with E-state index in [0.29, 0.717) is 25.0 Å². The van der Waals surface area contributed by atoms with Crippen molar-refractivity contribution < 1.29 is 14.8 Å². The lowest BCUT2D eigenvalue weighted by Crippen LogP contribution is -2.50. The molecule has 1 amide bonds. The summed E-state index contributed by atoms with van der Waals surface area (Å²) in [6.07, 6.45) is 3.04. The number of aromatic nitrogens is 3. The standard InChI is InChI=1S/C24H25BN4O3S/c30-24(26-23(25(31)32)14-19-11-12-33-17-19)20(13-18-7-3-1-4-8-18)15-21-16-29(28-27-21)22-9-5-2-6-10-22/h1-12,16-17,20,23,31-32H,13-15H2,(H,26,30)/t20-,23?/m1/s1. The quantitative estimate of drug-likeness (QED) is 0.316. The molecular formula is C24H25BN4O3S. The summed E-state index contributed by atoms with van der Waals surface area (Å²) >= 11 is 1.53. The van der Waals surface area contributed by atoms with Gasteiger partial charge in [0.2, 0.25) is 5.91 Å². The Kier molecular flexibility index (Phi) is 7.67. The van der Waals surface area contributed by atoms with Crippen LogP contribution in [-0.2, 0) is 24.1 Å². The second kappa shape index (κ2) is 11.0. The van der Waals surface area contributed by atoms with E-state index in [1.54, 1.807) is 4.68 Å². The minimum atomic E-state index is -1.66. The predicted molar refractivity (Wildman–Crippen MR) is 129 cm³/mol. The minimum absolute atomic E-state index is 0.249. The average molecular weight is 460 g/mol. The fourth-order valence-corrected chi connectivity index (χ4v) is 4.38. The van der Waals surface area contributed by atoms with Crippen LogP contribution in [0.3, 0.4) is 0 Å². The number of hydrogen-bond acceptors (Lipinski definition) is 6. The van der Waals surface area contributed by atoms with Gasteiger partial charge in [0.15, 0.2) is 0 Å². The Balaban J connectivity index is 1.51. The highest BCUT2D eigenvalue weighted by Gasteiger charge is 2.29. The van der Waals surface area contributed by atoms with E-state index >= 15 is 0 Å². The van der Waals surface area contributed by atoms with Crippen molar-refractivity contribution in [1.82, 2.24) is 20.3 Å². The summed E-state index contributed by atoms with van der Waals surface area (Å²) in [5.74, 6) is -1.50. The number of para-hydroxylation sites is 1. The van der Waals surface area contributed by atoms with Gasteiger partial charge in [-0.3, -0.25) is 4.79 Å². The number of rotatable bonds is 10. The summed E-state index contributed by atoms with van der Waals surface area (Å²) in [5, 5.41) is 34.9. The normalized spacial score (nSPS) is 12.8. The maximum absolute atomic E-state index is 13.3. The Morgan fingerprint density at radius 1 is 0.970 bits per heavy atom. The van der Waals surface area contributed by atoms with Crippen molar-refractivity contribution >= 4 is 24.4 Å². The lowest BCUT2D eigenvalue weighted by atomic mass is 9.76. The largest absolute Gasteiger partial charge is 0.475 e. The lowest BCUT2D eigenvalue weighted by Gasteiger charge is -2.22. The molecule has 4 rings (SSSR count). The molecule has 0 radical (unpaired) electrons. The van der Waals surface area contributed by atoms with Gasteiger partial charge in [-0.2, -0.15) is 11.3 Å². The van der Waals surface area contributed by atoms with E-state index in [0.717, 1.165) is 16.8 Å². The molecule has 0 saturated heterocycles. The van der Waals surface area contributed by atoms with Crippen LogP contribution in [0.15, 0.2) is 83.7 Å². The van der Waals surface area contributed by atoms with E-state index in [1.165, 1.54) is 11.3 Å². The topological polar surface area (TPSA) is 100 Å². The van der Waals surface area contributed by atoms with E-state index < -0.39 is 19.0 Å². The first-order valence-electron chi connectivity index (χ1n) is 10.8. The van der Waals surface area contributed by atoms with Gasteiger partial charge in [0.1, 0.15) is 0 Å². The van der Waals surface area contributed by atoms with E-state index in [2.05, 4.69) is 15.6 Å². The first-order valence-corrected chi connectivity index (χ1v) is 11.7. The van der Waals surface area contributed by atoms with Gasteiger partial charge < -0.3 is 15.4 Å². The predicted octanol–water partition coefficient (Wildman–Crippen LogP) is 2.47. The molecule has 2 atom stereocenters. The third-order valence-corrected chi connectivity index (χ3v) is 6.17. The van der Waals surface area contributed by atoms with Crippen LogP contribution < -0.4 is 5.32 Å². The maximum atomic E-state index is 13.3. The molecule has 0 aliphatic carbocycles.